The fourth-order valence-electron chi connectivity index (χ4n) is 1.70. The van der Waals surface area contributed by atoms with Gasteiger partial charge >= 0.3 is 0 Å². The zero-order valence-corrected chi connectivity index (χ0v) is 11.1. The SMILES string of the molecule is COc1cc(CC(=O)NCCc2ccc(O)cc2)on1. The van der Waals surface area contributed by atoms with Gasteiger partial charge in [-0.05, 0) is 29.3 Å². The van der Waals surface area contributed by atoms with Crippen LogP contribution in [0.5, 0.6) is 11.6 Å². The molecule has 0 aliphatic heterocycles. The molecule has 0 saturated heterocycles. The average molecular weight is 276 g/mol. The monoisotopic (exact) mass is 276 g/mol. The van der Waals surface area contributed by atoms with Gasteiger partial charge in [-0.25, -0.2) is 0 Å². The molecular formula is C14H16N2O4. The molecule has 0 radical (unpaired) electrons. The summed E-state index contributed by atoms with van der Waals surface area (Å²) in [6, 6.07) is 8.47. The Hall–Kier alpha value is -2.50. The van der Waals surface area contributed by atoms with Crippen LogP contribution >= 0.6 is 0 Å². The van der Waals surface area contributed by atoms with Gasteiger partial charge in [0.2, 0.25) is 5.91 Å². The first-order valence-electron chi connectivity index (χ1n) is 6.21. The summed E-state index contributed by atoms with van der Waals surface area (Å²) in [6.07, 6.45) is 0.831. The highest BCUT2D eigenvalue weighted by molar-refractivity contribution is 5.77. The van der Waals surface area contributed by atoms with Crippen molar-refractivity contribution in [1.82, 2.24) is 10.5 Å². The molecule has 0 saturated carbocycles. The topological polar surface area (TPSA) is 84.6 Å². The minimum atomic E-state index is -0.136. The zero-order valence-electron chi connectivity index (χ0n) is 11.1. The van der Waals surface area contributed by atoms with E-state index in [9.17, 15) is 4.79 Å². The fourth-order valence-corrected chi connectivity index (χ4v) is 1.70. The van der Waals surface area contributed by atoms with Crippen LogP contribution < -0.4 is 10.1 Å². The molecule has 6 heteroatoms. The van der Waals surface area contributed by atoms with Crippen LogP contribution in [0.25, 0.3) is 0 Å². The van der Waals surface area contributed by atoms with Gasteiger partial charge in [0, 0.05) is 12.6 Å². The summed E-state index contributed by atoms with van der Waals surface area (Å²) in [6.45, 7) is 0.523. The second-order valence-corrected chi connectivity index (χ2v) is 4.28. The molecule has 0 fully saturated rings. The number of carbonyl (C=O) groups is 1. The minimum Gasteiger partial charge on any atom is -0.508 e. The molecule has 0 aliphatic carbocycles. The van der Waals surface area contributed by atoms with Crippen molar-refractivity contribution >= 4 is 5.91 Å². The molecule has 2 N–H and O–H groups in total. The number of phenols is 1. The number of amides is 1. The van der Waals surface area contributed by atoms with Gasteiger partial charge in [-0.15, -0.1) is 0 Å². The molecule has 0 unspecified atom stereocenters. The highest BCUT2D eigenvalue weighted by Gasteiger charge is 2.09. The van der Waals surface area contributed by atoms with Crippen molar-refractivity contribution in [2.75, 3.05) is 13.7 Å². The third kappa shape index (κ3) is 4.01. The van der Waals surface area contributed by atoms with Gasteiger partial charge in [0.15, 0.2) is 0 Å². The van der Waals surface area contributed by atoms with Gasteiger partial charge in [-0.1, -0.05) is 12.1 Å². The van der Waals surface area contributed by atoms with Crippen LogP contribution in [0.2, 0.25) is 0 Å². The number of benzene rings is 1. The Kier molecular flexibility index (Phi) is 4.60. The number of hydrogen-bond donors (Lipinski definition) is 2. The van der Waals surface area contributed by atoms with Gasteiger partial charge in [0.05, 0.1) is 13.5 Å². The van der Waals surface area contributed by atoms with E-state index in [0.717, 1.165) is 5.56 Å². The number of carbonyl (C=O) groups excluding carboxylic acids is 1. The molecule has 1 aromatic heterocycles. The van der Waals surface area contributed by atoms with E-state index in [1.165, 1.54) is 7.11 Å². The van der Waals surface area contributed by atoms with Crippen molar-refractivity contribution < 1.29 is 19.2 Å². The van der Waals surface area contributed by atoms with Gasteiger partial charge in [-0.2, -0.15) is 0 Å². The summed E-state index contributed by atoms with van der Waals surface area (Å²) in [4.78, 5) is 11.7. The van der Waals surface area contributed by atoms with Crippen molar-refractivity contribution in [3.8, 4) is 11.6 Å². The van der Waals surface area contributed by atoms with E-state index in [-0.39, 0.29) is 18.1 Å². The molecule has 0 spiro atoms. The molecular weight excluding hydrogens is 260 g/mol. The lowest BCUT2D eigenvalue weighted by molar-refractivity contribution is -0.120. The number of ether oxygens (including phenoxy) is 1. The summed E-state index contributed by atoms with van der Waals surface area (Å²) in [5.74, 6) is 0.917. The highest BCUT2D eigenvalue weighted by atomic mass is 16.5. The van der Waals surface area contributed by atoms with Gasteiger partial charge < -0.3 is 19.7 Å². The Balaban J connectivity index is 1.73. The smallest absolute Gasteiger partial charge is 0.254 e. The lowest BCUT2D eigenvalue weighted by atomic mass is 10.1. The number of aromatic nitrogens is 1. The Morgan fingerprint density at radius 3 is 2.80 bits per heavy atom. The number of phenolic OH excluding ortho intramolecular Hbond substituents is 1. The second kappa shape index (κ2) is 6.60. The van der Waals surface area contributed by atoms with Gasteiger partial charge in [-0.3, -0.25) is 4.79 Å². The molecule has 1 heterocycles. The largest absolute Gasteiger partial charge is 0.508 e. The fraction of sp³-hybridized carbons (Fsp3) is 0.286. The number of rotatable bonds is 6. The summed E-state index contributed by atoms with van der Waals surface area (Å²) in [7, 11) is 1.49. The van der Waals surface area contributed by atoms with E-state index in [1.807, 2.05) is 12.1 Å². The molecule has 0 aliphatic rings. The van der Waals surface area contributed by atoms with Crippen LogP contribution in [0.4, 0.5) is 0 Å². The molecule has 2 rings (SSSR count). The minimum absolute atomic E-state index is 0.131. The summed E-state index contributed by atoms with van der Waals surface area (Å²) in [5, 5.41) is 15.6. The Labute approximate surface area is 116 Å². The van der Waals surface area contributed by atoms with Crippen molar-refractivity contribution in [1.29, 1.82) is 0 Å². The molecule has 1 aromatic carbocycles. The molecule has 20 heavy (non-hydrogen) atoms. The number of nitrogens with zero attached hydrogens (tertiary/aromatic N) is 1. The van der Waals surface area contributed by atoms with E-state index in [0.29, 0.717) is 24.6 Å². The normalized spacial score (nSPS) is 10.2. The molecule has 106 valence electrons. The second-order valence-electron chi connectivity index (χ2n) is 4.28. The third-order valence-corrected chi connectivity index (χ3v) is 2.75. The molecule has 0 atom stereocenters. The molecule has 2 aromatic rings. The number of aromatic hydroxyl groups is 1. The van der Waals surface area contributed by atoms with Gasteiger partial charge in [0.1, 0.15) is 11.5 Å². The molecule has 1 amide bonds. The Morgan fingerprint density at radius 1 is 1.40 bits per heavy atom. The van der Waals surface area contributed by atoms with Crippen LogP contribution in [-0.4, -0.2) is 29.8 Å². The Morgan fingerprint density at radius 2 is 2.15 bits per heavy atom. The number of hydrogen-bond acceptors (Lipinski definition) is 5. The predicted molar refractivity (Wildman–Crippen MR) is 71.6 cm³/mol. The maximum absolute atomic E-state index is 11.7. The lowest BCUT2D eigenvalue weighted by Crippen LogP contribution is -2.27. The standard InChI is InChI=1S/C14H16N2O4/c1-19-14-9-12(20-16-14)8-13(18)15-7-6-10-2-4-11(17)5-3-10/h2-5,9,17H,6-8H2,1H3,(H,15,18). The maximum Gasteiger partial charge on any atom is 0.254 e. The van der Waals surface area contributed by atoms with E-state index in [4.69, 9.17) is 14.4 Å². The highest BCUT2D eigenvalue weighted by Crippen LogP contribution is 2.11. The van der Waals surface area contributed by atoms with Crippen molar-refractivity contribution in [2.45, 2.75) is 12.8 Å². The first kappa shape index (κ1) is 13.9. The lowest BCUT2D eigenvalue weighted by Gasteiger charge is -2.04. The van der Waals surface area contributed by atoms with Crippen LogP contribution in [-0.2, 0) is 17.6 Å². The quantitative estimate of drug-likeness (QED) is 0.830. The molecule has 0 bridgehead atoms. The van der Waals surface area contributed by atoms with Crippen LogP contribution in [0.3, 0.4) is 0 Å². The number of methoxy groups -OCH3 is 1. The van der Waals surface area contributed by atoms with Crippen molar-refractivity contribution in [2.24, 2.45) is 0 Å². The van der Waals surface area contributed by atoms with Gasteiger partial charge in [0.25, 0.3) is 5.88 Å². The van der Waals surface area contributed by atoms with Crippen LogP contribution in [0.15, 0.2) is 34.9 Å². The Bertz CT molecular complexity index is 563. The van der Waals surface area contributed by atoms with E-state index < -0.39 is 0 Å². The van der Waals surface area contributed by atoms with Crippen LogP contribution in [0, 0.1) is 0 Å². The zero-order chi connectivity index (χ0) is 14.4. The summed E-state index contributed by atoms with van der Waals surface area (Å²) >= 11 is 0. The third-order valence-electron chi connectivity index (χ3n) is 2.75. The van der Waals surface area contributed by atoms with E-state index in [2.05, 4.69) is 10.5 Å². The first-order valence-corrected chi connectivity index (χ1v) is 6.21. The van der Waals surface area contributed by atoms with E-state index >= 15 is 0 Å². The summed E-state index contributed by atoms with van der Waals surface area (Å²) < 4.78 is 9.81. The summed E-state index contributed by atoms with van der Waals surface area (Å²) in [5.41, 5.74) is 1.05. The first-order chi connectivity index (χ1) is 9.67. The average Bonchev–Trinajstić information content (AvgIpc) is 2.88. The maximum atomic E-state index is 11.7. The van der Waals surface area contributed by atoms with Crippen molar-refractivity contribution in [3.63, 3.8) is 0 Å². The van der Waals surface area contributed by atoms with Crippen molar-refractivity contribution in [3.05, 3.63) is 41.7 Å². The number of nitrogens with one attached hydrogen (secondary N) is 1. The van der Waals surface area contributed by atoms with Crippen LogP contribution in [0.1, 0.15) is 11.3 Å². The molecule has 6 nitrogen and oxygen atoms in total. The van der Waals surface area contributed by atoms with E-state index in [1.54, 1.807) is 18.2 Å². The predicted octanol–water partition coefficient (Wildman–Crippen LogP) is 1.29.